The van der Waals surface area contributed by atoms with Crippen molar-refractivity contribution in [3.8, 4) is 0 Å². The zero-order chi connectivity index (χ0) is 22.8. The predicted molar refractivity (Wildman–Crippen MR) is 130 cm³/mol. The molecule has 0 spiro atoms. The molecule has 0 aliphatic heterocycles. The van der Waals surface area contributed by atoms with Crippen molar-refractivity contribution in [3.05, 3.63) is 108 Å². The quantitative estimate of drug-likeness (QED) is 0.236. The number of benzene rings is 5. The summed E-state index contributed by atoms with van der Waals surface area (Å²) < 4.78 is 11.0. The predicted octanol–water partition coefficient (Wildman–Crippen LogP) is 6.43. The summed E-state index contributed by atoms with van der Waals surface area (Å²) in [7, 11) is 0. The molecule has 33 heavy (non-hydrogen) atoms. The molecule has 162 valence electrons. The molecule has 0 amide bonds. The third-order valence-corrected chi connectivity index (χ3v) is 5.84. The van der Waals surface area contributed by atoms with Gasteiger partial charge in [0.1, 0.15) is 6.61 Å². The molecule has 1 atom stereocenters. The first-order valence-corrected chi connectivity index (χ1v) is 10.9. The summed E-state index contributed by atoms with van der Waals surface area (Å²) in [5.74, 6) is -1.14. The second-order valence-corrected chi connectivity index (χ2v) is 8.01. The summed E-state index contributed by atoms with van der Waals surface area (Å²) in [5.41, 5.74) is 1.33. The van der Waals surface area contributed by atoms with Crippen molar-refractivity contribution in [1.29, 1.82) is 0 Å². The SMILES string of the molecule is C[C@@H](OC(=O)c1ccc2ccccc2c1)C(=O)OCc1c2ccccc2cc2ccccc12. The molecule has 5 rings (SSSR count). The second-order valence-electron chi connectivity index (χ2n) is 8.01. The first-order valence-electron chi connectivity index (χ1n) is 10.9. The molecule has 4 heteroatoms. The van der Waals surface area contributed by atoms with Gasteiger partial charge in [-0.1, -0.05) is 78.9 Å². The largest absolute Gasteiger partial charge is 0.458 e. The van der Waals surface area contributed by atoms with Gasteiger partial charge >= 0.3 is 11.9 Å². The van der Waals surface area contributed by atoms with E-state index in [4.69, 9.17) is 9.47 Å². The van der Waals surface area contributed by atoms with Crippen LogP contribution >= 0.6 is 0 Å². The Bertz CT molecular complexity index is 1450. The lowest BCUT2D eigenvalue weighted by molar-refractivity contribution is -0.154. The fraction of sp³-hybridized carbons (Fsp3) is 0.103. The number of carbonyl (C=O) groups excluding carboxylic acids is 2. The first kappa shape index (κ1) is 20.7. The molecule has 0 aliphatic rings. The summed E-state index contributed by atoms with van der Waals surface area (Å²) >= 11 is 0. The van der Waals surface area contributed by atoms with Crippen molar-refractivity contribution in [2.24, 2.45) is 0 Å². The Kier molecular flexibility index (Phi) is 5.49. The number of rotatable bonds is 5. The van der Waals surface area contributed by atoms with Crippen molar-refractivity contribution < 1.29 is 19.1 Å². The number of hydrogen-bond donors (Lipinski definition) is 0. The van der Waals surface area contributed by atoms with Crippen molar-refractivity contribution in [3.63, 3.8) is 0 Å². The average molecular weight is 434 g/mol. The summed E-state index contributed by atoms with van der Waals surface area (Å²) in [6.07, 6.45) is -1.02. The number of esters is 2. The number of carbonyl (C=O) groups is 2. The Balaban J connectivity index is 1.32. The van der Waals surface area contributed by atoms with Crippen LogP contribution in [-0.4, -0.2) is 18.0 Å². The molecule has 5 aromatic rings. The maximum Gasteiger partial charge on any atom is 0.347 e. The van der Waals surface area contributed by atoms with Crippen LogP contribution in [0.1, 0.15) is 22.8 Å². The number of fused-ring (bicyclic) bond motifs is 3. The smallest absolute Gasteiger partial charge is 0.347 e. The molecule has 0 radical (unpaired) electrons. The van der Waals surface area contributed by atoms with E-state index < -0.39 is 18.0 Å². The van der Waals surface area contributed by atoms with Crippen molar-refractivity contribution in [1.82, 2.24) is 0 Å². The number of hydrogen-bond acceptors (Lipinski definition) is 4. The molecule has 0 aliphatic carbocycles. The Labute approximate surface area is 191 Å². The third kappa shape index (κ3) is 4.15. The van der Waals surface area contributed by atoms with Gasteiger partial charge in [-0.15, -0.1) is 0 Å². The fourth-order valence-electron chi connectivity index (χ4n) is 4.12. The minimum absolute atomic E-state index is 0.0958. The molecule has 0 saturated carbocycles. The molecule has 4 nitrogen and oxygen atoms in total. The molecule has 0 aromatic heterocycles. The van der Waals surface area contributed by atoms with Crippen molar-refractivity contribution in [2.45, 2.75) is 19.6 Å². The molecule has 0 saturated heterocycles. The van der Waals surface area contributed by atoms with Crippen LogP contribution in [0.2, 0.25) is 0 Å². The van der Waals surface area contributed by atoms with Crippen LogP contribution in [0, 0.1) is 0 Å². The van der Waals surface area contributed by atoms with Gasteiger partial charge in [0, 0.05) is 5.56 Å². The zero-order valence-electron chi connectivity index (χ0n) is 18.2. The van der Waals surface area contributed by atoms with E-state index in [0.29, 0.717) is 5.56 Å². The molecular weight excluding hydrogens is 412 g/mol. The van der Waals surface area contributed by atoms with E-state index >= 15 is 0 Å². The van der Waals surface area contributed by atoms with Crippen LogP contribution in [-0.2, 0) is 20.9 Å². The first-order chi connectivity index (χ1) is 16.1. The topological polar surface area (TPSA) is 52.6 Å². The van der Waals surface area contributed by atoms with Gasteiger partial charge in [-0.3, -0.25) is 0 Å². The maximum absolute atomic E-state index is 12.7. The monoisotopic (exact) mass is 434 g/mol. The van der Waals surface area contributed by atoms with E-state index in [9.17, 15) is 9.59 Å². The van der Waals surface area contributed by atoms with E-state index in [-0.39, 0.29) is 6.61 Å². The lowest BCUT2D eigenvalue weighted by atomic mass is 9.97. The maximum atomic E-state index is 12.7. The highest BCUT2D eigenvalue weighted by Crippen LogP contribution is 2.29. The third-order valence-electron chi connectivity index (χ3n) is 5.84. The Morgan fingerprint density at radius 1 is 0.697 bits per heavy atom. The highest BCUT2D eigenvalue weighted by molar-refractivity contribution is 6.02. The summed E-state index contributed by atoms with van der Waals surface area (Å²) in [6.45, 7) is 1.63. The van der Waals surface area contributed by atoms with Gasteiger partial charge in [0.05, 0.1) is 5.56 Å². The van der Waals surface area contributed by atoms with Crippen LogP contribution < -0.4 is 0 Å². The average Bonchev–Trinajstić information content (AvgIpc) is 2.85. The van der Waals surface area contributed by atoms with E-state index in [2.05, 4.69) is 6.07 Å². The van der Waals surface area contributed by atoms with Gasteiger partial charge in [-0.25, -0.2) is 9.59 Å². The molecule has 0 heterocycles. The Hall–Kier alpha value is -4.18. The summed E-state index contributed by atoms with van der Waals surface area (Å²) in [6, 6.07) is 31.2. The normalized spacial score (nSPS) is 12.0. The summed E-state index contributed by atoms with van der Waals surface area (Å²) in [4.78, 5) is 25.3. The highest BCUT2D eigenvalue weighted by atomic mass is 16.6. The highest BCUT2D eigenvalue weighted by Gasteiger charge is 2.21. The fourth-order valence-corrected chi connectivity index (χ4v) is 4.12. The van der Waals surface area contributed by atoms with E-state index in [1.54, 1.807) is 12.1 Å². The molecule has 0 fully saturated rings. The zero-order valence-corrected chi connectivity index (χ0v) is 18.2. The van der Waals surface area contributed by atoms with Crippen LogP contribution in [0.3, 0.4) is 0 Å². The minimum Gasteiger partial charge on any atom is -0.458 e. The van der Waals surface area contributed by atoms with E-state index in [1.165, 1.54) is 6.92 Å². The van der Waals surface area contributed by atoms with Crippen molar-refractivity contribution >= 4 is 44.3 Å². The van der Waals surface area contributed by atoms with Crippen molar-refractivity contribution in [2.75, 3.05) is 0 Å². The van der Waals surface area contributed by atoms with Gasteiger partial charge in [0.15, 0.2) is 6.10 Å². The van der Waals surface area contributed by atoms with Gasteiger partial charge in [-0.05, 0) is 57.4 Å². The van der Waals surface area contributed by atoms with E-state index in [1.807, 2.05) is 78.9 Å². The molecule has 0 N–H and O–H groups in total. The van der Waals surface area contributed by atoms with Gasteiger partial charge in [-0.2, -0.15) is 0 Å². The molecule has 5 aromatic carbocycles. The molecular formula is C29H22O4. The Morgan fingerprint density at radius 3 is 1.94 bits per heavy atom. The van der Waals surface area contributed by atoms with Crippen LogP contribution in [0.5, 0.6) is 0 Å². The van der Waals surface area contributed by atoms with Crippen LogP contribution in [0.25, 0.3) is 32.3 Å². The molecule has 0 bridgehead atoms. The summed E-state index contributed by atoms with van der Waals surface area (Å²) in [5, 5.41) is 6.19. The number of ether oxygens (including phenoxy) is 2. The van der Waals surface area contributed by atoms with Gasteiger partial charge < -0.3 is 9.47 Å². The van der Waals surface area contributed by atoms with Gasteiger partial charge in [0.25, 0.3) is 0 Å². The Morgan fingerprint density at radius 2 is 1.27 bits per heavy atom. The van der Waals surface area contributed by atoms with Crippen LogP contribution in [0.4, 0.5) is 0 Å². The standard InChI is InChI=1S/C29H22O4/c1-19(33-29(31)24-15-14-20-8-2-3-9-21(20)16-24)28(30)32-18-27-25-12-6-4-10-22(25)17-23-11-5-7-13-26(23)27/h2-17,19H,18H2,1H3/t19-/m1/s1. The lowest BCUT2D eigenvalue weighted by Gasteiger charge is -2.15. The van der Waals surface area contributed by atoms with Gasteiger partial charge in [0.2, 0.25) is 0 Å². The molecule has 0 unspecified atom stereocenters. The second kappa shape index (κ2) is 8.75. The van der Waals surface area contributed by atoms with E-state index in [0.717, 1.165) is 37.9 Å². The van der Waals surface area contributed by atoms with Crippen LogP contribution in [0.15, 0.2) is 97.1 Å². The minimum atomic E-state index is -1.02. The lowest BCUT2D eigenvalue weighted by Crippen LogP contribution is -2.26.